The van der Waals surface area contributed by atoms with Gasteiger partial charge in [-0.1, -0.05) is 0 Å². The summed E-state index contributed by atoms with van der Waals surface area (Å²) >= 11 is 0. The summed E-state index contributed by atoms with van der Waals surface area (Å²) in [5.41, 5.74) is 0.580. The molecule has 0 saturated heterocycles. The van der Waals surface area contributed by atoms with Gasteiger partial charge in [-0.3, -0.25) is 4.79 Å². The standard InChI is InChI=1S/C12H14F3NO4/c1-6-5-20-7(2)9(6)10(17)16-8(11(18)19-3)4-12(13,14)15/h5,8H,4H2,1-3H3,(H,16,17)/t8-/m0/s1. The normalized spacial score (nSPS) is 12.9. The predicted octanol–water partition coefficient (Wildman–Crippen LogP) is 2.12. The van der Waals surface area contributed by atoms with Crippen LogP contribution >= 0.6 is 0 Å². The summed E-state index contributed by atoms with van der Waals surface area (Å²) in [6.07, 6.45) is -4.80. The Bertz CT molecular complexity index is 488. The molecule has 1 amide bonds. The quantitative estimate of drug-likeness (QED) is 0.863. The maximum absolute atomic E-state index is 12.4. The zero-order chi connectivity index (χ0) is 15.5. The second-order valence-electron chi connectivity index (χ2n) is 4.22. The summed E-state index contributed by atoms with van der Waals surface area (Å²) in [4.78, 5) is 23.2. The van der Waals surface area contributed by atoms with Crippen molar-refractivity contribution in [2.75, 3.05) is 7.11 Å². The van der Waals surface area contributed by atoms with Crippen LogP contribution in [0.2, 0.25) is 0 Å². The zero-order valence-corrected chi connectivity index (χ0v) is 11.1. The van der Waals surface area contributed by atoms with Gasteiger partial charge in [0.2, 0.25) is 0 Å². The molecule has 1 rings (SSSR count). The second kappa shape index (κ2) is 5.98. The van der Waals surface area contributed by atoms with Crippen molar-refractivity contribution >= 4 is 11.9 Å². The van der Waals surface area contributed by atoms with Gasteiger partial charge in [0.15, 0.2) is 0 Å². The van der Waals surface area contributed by atoms with Crippen molar-refractivity contribution in [2.45, 2.75) is 32.5 Å². The number of nitrogens with one attached hydrogen (secondary N) is 1. The van der Waals surface area contributed by atoms with E-state index in [0.29, 0.717) is 5.56 Å². The number of halogens is 3. The van der Waals surface area contributed by atoms with E-state index < -0.39 is 30.5 Å². The van der Waals surface area contributed by atoms with Crippen LogP contribution in [0.3, 0.4) is 0 Å². The van der Waals surface area contributed by atoms with E-state index in [9.17, 15) is 22.8 Å². The largest absolute Gasteiger partial charge is 0.469 e. The van der Waals surface area contributed by atoms with Crippen LogP contribution < -0.4 is 5.32 Å². The summed E-state index contributed by atoms with van der Waals surface area (Å²) in [6, 6.07) is -1.79. The van der Waals surface area contributed by atoms with Gasteiger partial charge in [-0.15, -0.1) is 0 Å². The van der Waals surface area contributed by atoms with Crippen molar-refractivity contribution in [3.05, 3.63) is 23.2 Å². The zero-order valence-electron chi connectivity index (χ0n) is 11.1. The van der Waals surface area contributed by atoms with Gasteiger partial charge in [0.05, 0.1) is 25.4 Å². The SMILES string of the molecule is COC(=O)[C@H](CC(F)(F)F)NC(=O)c1c(C)coc1C. The smallest absolute Gasteiger partial charge is 0.391 e. The molecule has 0 aliphatic rings. The number of methoxy groups -OCH3 is 1. The van der Waals surface area contributed by atoms with Crippen molar-refractivity contribution in [2.24, 2.45) is 0 Å². The van der Waals surface area contributed by atoms with Gasteiger partial charge in [-0.2, -0.15) is 13.2 Å². The third-order valence-corrected chi connectivity index (χ3v) is 2.61. The lowest BCUT2D eigenvalue weighted by Crippen LogP contribution is -2.44. The van der Waals surface area contributed by atoms with E-state index in [1.807, 2.05) is 5.32 Å². The molecule has 5 nitrogen and oxygen atoms in total. The molecule has 0 aromatic carbocycles. The van der Waals surface area contributed by atoms with E-state index >= 15 is 0 Å². The predicted molar refractivity (Wildman–Crippen MR) is 62.1 cm³/mol. The molecule has 1 aromatic rings. The Balaban J connectivity index is 2.90. The summed E-state index contributed by atoms with van der Waals surface area (Å²) in [5, 5.41) is 2.01. The van der Waals surface area contributed by atoms with Gasteiger partial charge < -0.3 is 14.5 Å². The number of amides is 1. The molecule has 1 heterocycles. The molecular formula is C12H14F3NO4. The first-order chi connectivity index (χ1) is 9.15. The Morgan fingerprint density at radius 2 is 2.00 bits per heavy atom. The van der Waals surface area contributed by atoms with Crippen molar-refractivity contribution in [1.29, 1.82) is 0 Å². The minimum absolute atomic E-state index is 0.112. The number of esters is 1. The number of furan rings is 1. The van der Waals surface area contributed by atoms with Crippen LogP contribution in [0.25, 0.3) is 0 Å². The monoisotopic (exact) mass is 293 g/mol. The fourth-order valence-electron chi connectivity index (χ4n) is 1.71. The van der Waals surface area contributed by atoms with Crippen LogP contribution in [-0.2, 0) is 9.53 Å². The van der Waals surface area contributed by atoms with Crippen LogP contribution in [0.5, 0.6) is 0 Å². The highest BCUT2D eigenvalue weighted by atomic mass is 19.4. The average Bonchev–Trinajstić information content (AvgIpc) is 2.65. The van der Waals surface area contributed by atoms with Crippen LogP contribution in [-0.4, -0.2) is 31.2 Å². The van der Waals surface area contributed by atoms with Gasteiger partial charge in [-0.05, 0) is 13.8 Å². The third-order valence-electron chi connectivity index (χ3n) is 2.61. The minimum atomic E-state index is -4.60. The van der Waals surface area contributed by atoms with E-state index in [1.54, 1.807) is 6.92 Å². The van der Waals surface area contributed by atoms with Crippen molar-refractivity contribution in [3.8, 4) is 0 Å². The topological polar surface area (TPSA) is 68.5 Å². The van der Waals surface area contributed by atoms with Crippen LogP contribution in [0.1, 0.15) is 28.1 Å². The maximum atomic E-state index is 12.4. The van der Waals surface area contributed by atoms with Crippen molar-refractivity contribution < 1.29 is 31.9 Å². The minimum Gasteiger partial charge on any atom is -0.469 e. The van der Waals surface area contributed by atoms with Crippen molar-refractivity contribution in [1.82, 2.24) is 5.32 Å². The molecule has 1 aromatic heterocycles. The highest BCUT2D eigenvalue weighted by molar-refractivity contribution is 5.98. The van der Waals surface area contributed by atoms with Gasteiger partial charge >= 0.3 is 12.1 Å². The first-order valence-electron chi connectivity index (χ1n) is 5.66. The Hall–Kier alpha value is -1.99. The lowest BCUT2D eigenvalue weighted by atomic mass is 10.1. The average molecular weight is 293 g/mol. The third kappa shape index (κ3) is 4.01. The molecule has 0 aliphatic carbocycles. The number of rotatable bonds is 4. The summed E-state index contributed by atoms with van der Waals surface area (Å²) < 4.78 is 46.4. The van der Waals surface area contributed by atoms with Gasteiger partial charge in [-0.25, -0.2) is 4.79 Å². The van der Waals surface area contributed by atoms with E-state index in [2.05, 4.69) is 4.74 Å². The second-order valence-corrected chi connectivity index (χ2v) is 4.22. The molecule has 1 N–H and O–H groups in total. The van der Waals surface area contributed by atoms with Crippen LogP contribution in [0.15, 0.2) is 10.7 Å². The summed E-state index contributed by atoms with van der Waals surface area (Å²) in [5.74, 6) is -1.71. The van der Waals surface area contributed by atoms with Crippen molar-refractivity contribution in [3.63, 3.8) is 0 Å². The van der Waals surface area contributed by atoms with E-state index in [1.165, 1.54) is 13.2 Å². The van der Waals surface area contributed by atoms with E-state index in [4.69, 9.17) is 4.42 Å². The van der Waals surface area contributed by atoms with Crippen LogP contribution in [0, 0.1) is 13.8 Å². The van der Waals surface area contributed by atoms with Gasteiger partial charge in [0, 0.05) is 5.56 Å². The van der Waals surface area contributed by atoms with Crippen LogP contribution in [0.4, 0.5) is 13.2 Å². The number of alkyl halides is 3. The number of carbonyl (C=O) groups excluding carboxylic acids is 2. The van der Waals surface area contributed by atoms with E-state index in [0.717, 1.165) is 7.11 Å². The van der Waals surface area contributed by atoms with Gasteiger partial charge in [0.1, 0.15) is 11.8 Å². The number of aryl methyl sites for hydroxylation is 2. The van der Waals surface area contributed by atoms with Gasteiger partial charge in [0.25, 0.3) is 5.91 Å². The summed E-state index contributed by atoms with van der Waals surface area (Å²) in [6.45, 7) is 3.07. The Morgan fingerprint density at radius 3 is 2.40 bits per heavy atom. The maximum Gasteiger partial charge on any atom is 0.391 e. The Morgan fingerprint density at radius 1 is 1.40 bits per heavy atom. The fourth-order valence-corrected chi connectivity index (χ4v) is 1.71. The number of hydrogen-bond donors (Lipinski definition) is 1. The Labute approximate surface area is 113 Å². The molecule has 20 heavy (non-hydrogen) atoms. The summed E-state index contributed by atoms with van der Waals surface area (Å²) in [7, 11) is 0.951. The molecular weight excluding hydrogens is 279 g/mol. The molecule has 112 valence electrons. The molecule has 0 spiro atoms. The first-order valence-corrected chi connectivity index (χ1v) is 5.66. The Kier molecular flexibility index (Phi) is 4.80. The first kappa shape index (κ1) is 16.1. The number of carbonyl (C=O) groups is 2. The highest BCUT2D eigenvalue weighted by Gasteiger charge is 2.37. The molecule has 0 fully saturated rings. The van der Waals surface area contributed by atoms with E-state index in [-0.39, 0.29) is 11.3 Å². The molecule has 0 bridgehead atoms. The molecule has 0 aliphatic heterocycles. The lowest BCUT2D eigenvalue weighted by Gasteiger charge is -2.18. The molecule has 0 saturated carbocycles. The molecule has 8 heteroatoms. The molecule has 0 radical (unpaired) electrons. The number of hydrogen-bond acceptors (Lipinski definition) is 4. The number of ether oxygens (including phenoxy) is 1. The lowest BCUT2D eigenvalue weighted by molar-refractivity contribution is -0.160. The fraction of sp³-hybridized carbons (Fsp3) is 0.500. The highest BCUT2D eigenvalue weighted by Crippen LogP contribution is 2.23. The molecule has 0 unspecified atom stereocenters. The molecule has 1 atom stereocenters.